The molecule has 30 heavy (non-hydrogen) atoms. The second-order valence-electron chi connectivity index (χ2n) is 7.09. The van der Waals surface area contributed by atoms with Crippen molar-refractivity contribution in [3.63, 3.8) is 0 Å². The molecule has 1 atom stereocenters. The van der Waals surface area contributed by atoms with Crippen molar-refractivity contribution < 1.29 is 23.9 Å². The number of benzene rings is 2. The van der Waals surface area contributed by atoms with Gasteiger partial charge in [0.15, 0.2) is 0 Å². The number of esters is 1. The number of amides is 3. The van der Waals surface area contributed by atoms with E-state index in [1.165, 1.54) is 4.90 Å². The van der Waals surface area contributed by atoms with Crippen LogP contribution in [-0.2, 0) is 14.3 Å². The van der Waals surface area contributed by atoms with Crippen LogP contribution in [-0.4, -0.2) is 43.1 Å². The fourth-order valence-electron chi connectivity index (χ4n) is 3.51. The molecule has 3 amide bonds. The zero-order valence-corrected chi connectivity index (χ0v) is 16.6. The maximum atomic E-state index is 12.8. The van der Waals surface area contributed by atoms with Gasteiger partial charge < -0.3 is 20.1 Å². The summed E-state index contributed by atoms with van der Waals surface area (Å²) in [6, 6.07) is 13.3. The first-order valence-corrected chi connectivity index (χ1v) is 9.45. The highest BCUT2D eigenvalue weighted by Crippen LogP contribution is 2.35. The normalized spacial score (nSPS) is 17.9. The molecule has 2 aliphatic rings. The molecule has 0 aliphatic carbocycles. The fraction of sp³-hybridized carbons (Fsp3) is 0.227. The van der Waals surface area contributed by atoms with Crippen molar-refractivity contribution in [1.82, 2.24) is 10.2 Å². The van der Waals surface area contributed by atoms with Crippen molar-refractivity contribution in [2.45, 2.75) is 13.0 Å². The van der Waals surface area contributed by atoms with E-state index in [4.69, 9.17) is 9.47 Å². The molecular formula is C22H21N3O5. The minimum Gasteiger partial charge on any atom is -0.497 e. The lowest BCUT2D eigenvalue weighted by Crippen LogP contribution is -2.49. The van der Waals surface area contributed by atoms with Crippen LogP contribution in [0.25, 0.3) is 0 Å². The average molecular weight is 407 g/mol. The number of anilines is 1. The molecule has 0 fully saturated rings. The van der Waals surface area contributed by atoms with Gasteiger partial charge >= 0.3 is 12.0 Å². The summed E-state index contributed by atoms with van der Waals surface area (Å²) < 4.78 is 10.3. The van der Waals surface area contributed by atoms with E-state index in [1.807, 2.05) is 31.2 Å². The van der Waals surface area contributed by atoms with Crippen molar-refractivity contribution in [2.24, 2.45) is 0 Å². The predicted octanol–water partition coefficient (Wildman–Crippen LogP) is 2.52. The Morgan fingerprint density at radius 2 is 1.87 bits per heavy atom. The minimum absolute atomic E-state index is 0.0419. The van der Waals surface area contributed by atoms with Crippen molar-refractivity contribution in [2.75, 3.05) is 25.6 Å². The Morgan fingerprint density at radius 3 is 2.53 bits per heavy atom. The number of ether oxygens (including phenoxy) is 2. The van der Waals surface area contributed by atoms with Gasteiger partial charge in [-0.2, -0.15) is 0 Å². The Morgan fingerprint density at radius 1 is 1.17 bits per heavy atom. The Labute approximate surface area is 173 Å². The topological polar surface area (TPSA) is 97.0 Å². The highest BCUT2D eigenvalue weighted by molar-refractivity contribution is 6.00. The summed E-state index contributed by atoms with van der Waals surface area (Å²) >= 11 is 0. The number of carbonyl (C=O) groups excluding carboxylic acids is 3. The summed E-state index contributed by atoms with van der Waals surface area (Å²) in [4.78, 5) is 38.9. The molecule has 0 spiro atoms. The smallest absolute Gasteiger partial charge is 0.338 e. The Hall–Kier alpha value is -3.81. The standard InChI is InChI=1S/C22H21N3O5/c1-13-3-5-14(6-4-13)20-19-17(12-30-21(19)27)25(22(28)24-20)11-18(26)23-15-7-9-16(29-2)10-8-15/h3-10,20H,11-12H2,1-2H3,(H,23,26)(H,24,28). The van der Waals surface area contributed by atoms with Crippen LogP contribution in [0.1, 0.15) is 17.2 Å². The summed E-state index contributed by atoms with van der Waals surface area (Å²) in [6.45, 7) is 1.68. The highest BCUT2D eigenvalue weighted by atomic mass is 16.5. The minimum atomic E-state index is -0.607. The van der Waals surface area contributed by atoms with Crippen molar-refractivity contribution >= 4 is 23.6 Å². The third kappa shape index (κ3) is 3.71. The van der Waals surface area contributed by atoms with Crippen LogP contribution in [0.3, 0.4) is 0 Å². The molecule has 8 heteroatoms. The Balaban J connectivity index is 1.55. The van der Waals surface area contributed by atoms with E-state index >= 15 is 0 Å². The van der Waals surface area contributed by atoms with E-state index in [0.717, 1.165) is 11.1 Å². The van der Waals surface area contributed by atoms with Gasteiger partial charge in [0.2, 0.25) is 5.91 Å². The molecule has 154 valence electrons. The number of cyclic esters (lactones) is 1. The Bertz CT molecular complexity index is 1030. The molecule has 4 rings (SSSR count). The number of urea groups is 1. The molecule has 0 radical (unpaired) electrons. The third-order valence-electron chi connectivity index (χ3n) is 5.08. The molecule has 8 nitrogen and oxygen atoms in total. The second kappa shape index (κ2) is 7.90. The van der Waals surface area contributed by atoms with Gasteiger partial charge in [-0.05, 0) is 36.8 Å². The predicted molar refractivity (Wildman–Crippen MR) is 109 cm³/mol. The van der Waals surface area contributed by atoms with Crippen LogP contribution in [0.2, 0.25) is 0 Å². The number of nitrogens with one attached hydrogen (secondary N) is 2. The zero-order chi connectivity index (χ0) is 21.3. The lowest BCUT2D eigenvalue weighted by atomic mass is 9.95. The van der Waals surface area contributed by atoms with Gasteiger partial charge in [-0.1, -0.05) is 29.8 Å². The molecule has 0 aromatic heterocycles. The number of hydrogen-bond acceptors (Lipinski definition) is 5. The van der Waals surface area contributed by atoms with Gasteiger partial charge in [0.05, 0.1) is 24.4 Å². The SMILES string of the molecule is COc1ccc(NC(=O)CN2C(=O)NC(c3ccc(C)cc3)C3=C2COC3=O)cc1. The van der Waals surface area contributed by atoms with E-state index in [0.29, 0.717) is 22.7 Å². The lowest BCUT2D eigenvalue weighted by Gasteiger charge is -2.32. The van der Waals surface area contributed by atoms with Gasteiger partial charge in [-0.25, -0.2) is 9.59 Å². The van der Waals surface area contributed by atoms with Crippen LogP contribution in [0.4, 0.5) is 10.5 Å². The molecule has 2 heterocycles. The van der Waals surface area contributed by atoms with Crippen LogP contribution >= 0.6 is 0 Å². The molecule has 0 bridgehead atoms. The number of carbonyl (C=O) groups is 3. The van der Waals surface area contributed by atoms with E-state index in [1.54, 1.807) is 31.4 Å². The van der Waals surface area contributed by atoms with Crippen LogP contribution in [0, 0.1) is 6.92 Å². The van der Waals surface area contributed by atoms with E-state index in [-0.39, 0.29) is 13.2 Å². The van der Waals surface area contributed by atoms with Gasteiger partial charge in [-0.3, -0.25) is 9.69 Å². The Kier molecular flexibility index (Phi) is 5.14. The summed E-state index contributed by atoms with van der Waals surface area (Å²) in [5.74, 6) is -0.214. The quantitative estimate of drug-likeness (QED) is 0.743. The number of hydrogen-bond donors (Lipinski definition) is 2. The maximum absolute atomic E-state index is 12.8. The van der Waals surface area contributed by atoms with Crippen LogP contribution in [0.15, 0.2) is 59.8 Å². The first kappa shape index (κ1) is 19.5. The number of nitrogens with zero attached hydrogens (tertiary/aromatic N) is 1. The average Bonchev–Trinajstić information content (AvgIpc) is 3.13. The first-order chi connectivity index (χ1) is 14.5. The molecule has 2 aliphatic heterocycles. The van der Waals surface area contributed by atoms with E-state index in [9.17, 15) is 14.4 Å². The molecular weight excluding hydrogens is 386 g/mol. The number of aryl methyl sites for hydroxylation is 1. The van der Waals surface area contributed by atoms with Gasteiger partial charge in [-0.15, -0.1) is 0 Å². The molecule has 0 saturated carbocycles. The summed E-state index contributed by atoms with van der Waals surface area (Å²) in [5, 5.41) is 5.56. The van der Waals surface area contributed by atoms with Gasteiger partial charge in [0.25, 0.3) is 0 Å². The lowest BCUT2D eigenvalue weighted by molar-refractivity contribution is -0.136. The van der Waals surface area contributed by atoms with E-state index < -0.39 is 23.9 Å². The fourth-order valence-corrected chi connectivity index (χ4v) is 3.51. The van der Waals surface area contributed by atoms with E-state index in [2.05, 4.69) is 10.6 Å². The summed E-state index contributed by atoms with van der Waals surface area (Å²) in [6.07, 6.45) is 0. The molecule has 2 N–H and O–H groups in total. The van der Waals surface area contributed by atoms with Crippen molar-refractivity contribution in [3.05, 3.63) is 70.9 Å². The summed E-state index contributed by atoms with van der Waals surface area (Å²) in [7, 11) is 1.56. The van der Waals surface area contributed by atoms with Crippen LogP contribution < -0.4 is 15.4 Å². The van der Waals surface area contributed by atoms with Gasteiger partial charge in [0, 0.05) is 5.69 Å². The van der Waals surface area contributed by atoms with Crippen molar-refractivity contribution in [1.29, 1.82) is 0 Å². The highest BCUT2D eigenvalue weighted by Gasteiger charge is 2.42. The second-order valence-corrected chi connectivity index (χ2v) is 7.09. The number of methoxy groups -OCH3 is 1. The maximum Gasteiger partial charge on any atom is 0.338 e. The first-order valence-electron chi connectivity index (χ1n) is 9.45. The van der Waals surface area contributed by atoms with Crippen LogP contribution in [0.5, 0.6) is 5.75 Å². The van der Waals surface area contributed by atoms with Crippen molar-refractivity contribution in [3.8, 4) is 5.75 Å². The molecule has 2 aromatic carbocycles. The zero-order valence-electron chi connectivity index (χ0n) is 16.6. The van der Waals surface area contributed by atoms with Gasteiger partial charge in [0.1, 0.15) is 18.9 Å². The molecule has 1 unspecified atom stereocenters. The molecule has 0 saturated heterocycles. The number of rotatable bonds is 5. The molecule has 2 aromatic rings. The third-order valence-corrected chi connectivity index (χ3v) is 5.08. The summed E-state index contributed by atoms with van der Waals surface area (Å²) in [5.41, 5.74) is 3.20. The largest absolute Gasteiger partial charge is 0.497 e. The monoisotopic (exact) mass is 407 g/mol.